The normalized spacial score (nSPS) is 11.4. The van der Waals surface area contributed by atoms with Gasteiger partial charge in [0, 0.05) is 19.1 Å². The quantitative estimate of drug-likeness (QED) is 0.126. The van der Waals surface area contributed by atoms with Crippen molar-refractivity contribution in [2.45, 2.75) is 33.1 Å². The second-order valence-electron chi connectivity index (χ2n) is 7.76. The number of unbranched alkanes of at least 4 members (excludes halogenated alkanes) is 1. The summed E-state index contributed by atoms with van der Waals surface area (Å²) in [4.78, 5) is 11.9. The Bertz CT molecular complexity index is 1110. The van der Waals surface area contributed by atoms with E-state index < -0.39 is 16.1 Å². The third-order valence-corrected chi connectivity index (χ3v) is 5.47. The van der Waals surface area contributed by atoms with Gasteiger partial charge in [0.2, 0.25) is 0 Å². The van der Waals surface area contributed by atoms with E-state index >= 15 is 0 Å². The van der Waals surface area contributed by atoms with E-state index in [1.807, 2.05) is 19.1 Å². The first-order valence-corrected chi connectivity index (χ1v) is 13.9. The van der Waals surface area contributed by atoms with Gasteiger partial charge in [-0.05, 0) is 54.8 Å². The minimum Gasteiger partial charge on any atom is -0.490 e. The summed E-state index contributed by atoms with van der Waals surface area (Å²) >= 11 is 6.14. The second-order valence-corrected chi connectivity index (χ2v) is 9.74. The molecule has 0 bridgehead atoms. The van der Waals surface area contributed by atoms with E-state index in [2.05, 4.69) is 6.92 Å². The predicted octanol–water partition coefficient (Wildman–Crippen LogP) is 5.07. The molecule has 0 fully saturated rings. The van der Waals surface area contributed by atoms with E-state index in [4.69, 9.17) is 34.7 Å². The zero-order valence-corrected chi connectivity index (χ0v) is 22.4. The van der Waals surface area contributed by atoms with Crippen molar-refractivity contribution < 1.29 is 36.3 Å². The number of carbonyl (C=O) groups excluding carboxylic acids is 1. The van der Waals surface area contributed by atoms with Crippen LogP contribution in [0.15, 0.2) is 42.5 Å². The molecule has 0 N–H and O–H groups in total. The second kappa shape index (κ2) is 15.4. The zero-order valence-electron chi connectivity index (χ0n) is 20.8. The molecule has 0 unspecified atom stereocenters. The van der Waals surface area contributed by atoms with E-state index in [1.54, 1.807) is 24.3 Å². The van der Waals surface area contributed by atoms with Gasteiger partial charge in [-0.3, -0.25) is 0 Å². The molecule has 8 nitrogen and oxygen atoms in total. The maximum Gasteiger partial charge on any atom is 0.330 e. The van der Waals surface area contributed by atoms with Gasteiger partial charge in [-0.15, -0.1) is 0 Å². The summed E-state index contributed by atoms with van der Waals surface area (Å²) in [5, 5.41) is 0.203. The Hall–Kier alpha value is -2.75. The summed E-state index contributed by atoms with van der Waals surface area (Å²) in [6.45, 7) is 5.97. The Morgan fingerprint density at radius 3 is 2.39 bits per heavy atom. The monoisotopic (exact) mass is 540 g/mol. The smallest absolute Gasteiger partial charge is 0.330 e. The van der Waals surface area contributed by atoms with Crippen LogP contribution >= 0.6 is 11.6 Å². The summed E-state index contributed by atoms with van der Waals surface area (Å²) in [5.41, 5.74) is 1.63. The van der Waals surface area contributed by atoms with Crippen molar-refractivity contribution in [2.75, 3.05) is 39.3 Å². The molecule has 36 heavy (non-hydrogen) atoms. The molecule has 2 aromatic carbocycles. The van der Waals surface area contributed by atoms with Gasteiger partial charge in [0.1, 0.15) is 6.61 Å². The van der Waals surface area contributed by atoms with Crippen LogP contribution in [0.5, 0.6) is 17.2 Å². The fraction of sp³-hybridized carbons (Fsp3) is 0.423. The first kappa shape index (κ1) is 29.5. The Labute approximate surface area is 218 Å². The van der Waals surface area contributed by atoms with E-state index in [9.17, 15) is 13.2 Å². The molecule has 10 heteroatoms. The summed E-state index contributed by atoms with van der Waals surface area (Å²) in [7, 11) is -3.66. The van der Waals surface area contributed by atoms with Gasteiger partial charge >= 0.3 is 16.1 Å². The van der Waals surface area contributed by atoms with Gasteiger partial charge in [-0.1, -0.05) is 37.1 Å². The minimum absolute atomic E-state index is 0.0808. The number of hydrogen-bond acceptors (Lipinski definition) is 8. The fourth-order valence-electron chi connectivity index (χ4n) is 2.95. The van der Waals surface area contributed by atoms with Crippen LogP contribution in [0.3, 0.4) is 0 Å². The van der Waals surface area contributed by atoms with Crippen LogP contribution < -0.4 is 13.7 Å². The molecular weight excluding hydrogens is 508 g/mol. The van der Waals surface area contributed by atoms with Crippen LogP contribution in [0, 0.1) is 0 Å². The molecule has 0 aliphatic carbocycles. The van der Waals surface area contributed by atoms with Gasteiger partial charge in [-0.2, -0.15) is 8.42 Å². The summed E-state index contributed by atoms with van der Waals surface area (Å²) in [6.07, 6.45) is 6.39. The summed E-state index contributed by atoms with van der Waals surface area (Å²) in [6, 6.07) is 10.3. The average Bonchev–Trinajstić information content (AvgIpc) is 2.82. The minimum atomic E-state index is -3.66. The van der Waals surface area contributed by atoms with Gasteiger partial charge in [0.05, 0.1) is 31.1 Å². The van der Waals surface area contributed by atoms with Crippen molar-refractivity contribution in [3.63, 3.8) is 0 Å². The van der Waals surface area contributed by atoms with Crippen LogP contribution in [-0.2, 0) is 30.8 Å². The Morgan fingerprint density at radius 1 is 0.944 bits per heavy atom. The highest BCUT2D eigenvalue weighted by Crippen LogP contribution is 2.30. The van der Waals surface area contributed by atoms with Gasteiger partial charge < -0.3 is 23.1 Å². The molecule has 198 valence electrons. The Morgan fingerprint density at radius 2 is 1.69 bits per heavy atom. The molecular formula is C26H33ClO8S. The number of rotatable bonds is 16. The molecule has 2 aromatic rings. The van der Waals surface area contributed by atoms with Gasteiger partial charge in [-0.25, -0.2) is 4.79 Å². The average molecular weight is 541 g/mol. The number of esters is 1. The van der Waals surface area contributed by atoms with Crippen molar-refractivity contribution in [1.29, 1.82) is 0 Å². The maximum atomic E-state index is 11.9. The van der Waals surface area contributed by atoms with Crippen LogP contribution in [0.4, 0.5) is 0 Å². The molecule has 2 rings (SSSR count). The fourth-order valence-corrected chi connectivity index (χ4v) is 3.71. The lowest BCUT2D eigenvalue weighted by atomic mass is 10.1. The van der Waals surface area contributed by atoms with Crippen molar-refractivity contribution in [3.05, 3.63) is 58.6 Å². The molecule has 0 saturated heterocycles. The lowest BCUT2D eigenvalue weighted by molar-refractivity contribution is -0.139. The number of benzene rings is 2. The third kappa shape index (κ3) is 11.3. The number of ether oxygens (including phenoxy) is 4. The Balaban J connectivity index is 2.01. The number of halogens is 1. The summed E-state index contributed by atoms with van der Waals surface area (Å²) in [5.74, 6) is 0.781. The predicted molar refractivity (Wildman–Crippen MR) is 139 cm³/mol. The number of hydrogen-bond donors (Lipinski definition) is 0. The highest BCUT2D eigenvalue weighted by molar-refractivity contribution is 7.86. The first-order valence-electron chi connectivity index (χ1n) is 11.7. The molecule has 0 atom stereocenters. The number of carbonyl (C=O) groups is 1. The largest absolute Gasteiger partial charge is 0.490 e. The van der Waals surface area contributed by atoms with E-state index in [0.717, 1.165) is 30.2 Å². The lowest BCUT2D eigenvalue weighted by Crippen LogP contribution is -2.08. The topological polar surface area (TPSA) is 97.4 Å². The van der Waals surface area contributed by atoms with Crippen molar-refractivity contribution in [1.82, 2.24) is 0 Å². The first-order chi connectivity index (χ1) is 17.2. The molecule has 0 aliphatic rings. The molecule has 0 radical (unpaired) electrons. The maximum absolute atomic E-state index is 11.9. The van der Waals surface area contributed by atoms with E-state index in [-0.39, 0.29) is 17.4 Å². The van der Waals surface area contributed by atoms with Gasteiger partial charge in [0.15, 0.2) is 17.2 Å². The molecule has 0 amide bonds. The van der Waals surface area contributed by atoms with Crippen LogP contribution in [0.2, 0.25) is 5.02 Å². The molecule has 0 spiro atoms. The van der Waals surface area contributed by atoms with E-state index in [0.29, 0.717) is 44.3 Å². The summed E-state index contributed by atoms with van der Waals surface area (Å²) < 4.78 is 49.6. The highest BCUT2D eigenvalue weighted by atomic mass is 35.5. The van der Waals surface area contributed by atoms with Crippen molar-refractivity contribution in [3.8, 4) is 17.2 Å². The van der Waals surface area contributed by atoms with Gasteiger partial charge in [0.25, 0.3) is 0 Å². The zero-order chi connectivity index (χ0) is 26.4. The van der Waals surface area contributed by atoms with Crippen molar-refractivity contribution in [2.24, 2.45) is 0 Å². The Kier molecular flexibility index (Phi) is 12.6. The molecule has 0 heterocycles. The van der Waals surface area contributed by atoms with Crippen LogP contribution in [0.1, 0.15) is 37.8 Å². The highest BCUT2D eigenvalue weighted by Gasteiger charge is 2.11. The molecule has 0 aliphatic heterocycles. The van der Waals surface area contributed by atoms with E-state index in [1.165, 1.54) is 12.1 Å². The third-order valence-electron chi connectivity index (χ3n) is 4.70. The standard InChI is InChI=1S/C26H33ClO8S/c1-4-6-14-32-25-19-20(9-12-26(28)34-17-16-31-5-2)8-11-24(25)33-15-13-21-7-10-23(22(27)18-21)35-36(3,29)30/h7-12,18-19H,4-6,13-17H2,1-3H3/b12-9-. The molecule has 0 saturated carbocycles. The lowest BCUT2D eigenvalue weighted by Gasteiger charge is -2.14. The van der Waals surface area contributed by atoms with Crippen molar-refractivity contribution >= 4 is 33.8 Å². The SMILES string of the molecule is CCCCOc1cc(/C=C\C(=O)OCCOCC)ccc1OCCc1ccc(OS(C)(=O)=O)c(Cl)c1. The van der Waals surface area contributed by atoms with Crippen LogP contribution in [0.25, 0.3) is 6.08 Å². The molecule has 0 aromatic heterocycles. The van der Waals surface area contributed by atoms with Crippen LogP contribution in [-0.4, -0.2) is 53.7 Å².